The molecule has 0 aliphatic rings. The number of carbonyl (C=O) groups is 3. The lowest BCUT2D eigenvalue weighted by Crippen LogP contribution is -2.31. The summed E-state index contributed by atoms with van der Waals surface area (Å²) in [5, 5.41) is 0. The Hall–Kier alpha value is -2.31. The number of hydrogen-bond donors (Lipinski definition) is 0. The molecule has 0 saturated heterocycles. The molecule has 20 heavy (non-hydrogen) atoms. The van der Waals surface area contributed by atoms with Crippen LogP contribution in [0.15, 0.2) is 25.3 Å². The van der Waals surface area contributed by atoms with Crippen molar-refractivity contribution in [2.45, 2.75) is 26.1 Å². The lowest BCUT2D eigenvalue weighted by molar-refractivity contribution is -0.156. The van der Waals surface area contributed by atoms with Crippen LogP contribution in [0.25, 0.3) is 0 Å². The van der Waals surface area contributed by atoms with E-state index in [0.29, 0.717) is 0 Å². The molecule has 2 atom stereocenters. The van der Waals surface area contributed by atoms with Gasteiger partial charge < -0.3 is 18.9 Å². The van der Waals surface area contributed by atoms with Gasteiger partial charge in [0.2, 0.25) is 0 Å². The predicted octanol–water partition coefficient (Wildman–Crippen LogP) is 1.38. The molecule has 0 aliphatic carbocycles. The number of ether oxygens (including phenoxy) is 4. The minimum absolute atomic E-state index is 0.00582. The van der Waals surface area contributed by atoms with Crippen LogP contribution < -0.4 is 0 Å². The summed E-state index contributed by atoms with van der Waals surface area (Å²) in [5.74, 6) is -1.49. The molecule has 2 unspecified atom stereocenters. The first-order valence-corrected chi connectivity index (χ1v) is 5.84. The largest absolute Gasteiger partial charge is 0.509 e. The summed E-state index contributed by atoms with van der Waals surface area (Å²) in [5.41, 5.74) is 0. The Balaban J connectivity index is 4.14. The van der Waals surface area contributed by atoms with E-state index in [2.05, 4.69) is 32.1 Å². The Morgan fingerprint density at radius 1 is 0.900 bits per heavy atom. The van der Waals surface area contributed by atoms with Crippen molar-refractivity contribution in [3.63, 3.8) is 0 Å². The van der Waals surface area contributed by atoms with Crippen molar-refractivity contribution in [3.8, 4) is 0 Å². The maximum absolute atomic E-state index is 11.3. The smallest absolute Gasteiger partial charge is 0.459 e. The monoisotopic (exact) mass is 286 g/mol. The number of carbonyl (C=O) groups excluding carboxylic acids is 3. The van der Waals surface area contributed by atoms with Gasteiger partial charge in [0.25, 0.3) is 0 Å². The van der Waals surface area contributed by atoms with Crippen molar-refractivity contribution < 1.29 is 33.3 Å². The fraction of sp³-hybridized carbons (Fsp3) is 0.462. The van der Waals surface area contributed by atoms with Gasteiger partial charge in [0.15, 0.2) is 12.2 Å². The summed E-state index contributed by atoms with van der Waals surface area (Å²) in [6.45, 7) is 9.37. The maximum atomic E-state index is 11.3. The van der Waals surface area contributed by atoms with E-state index in [1.807, 2.05) is 0 Å². The van der Waals surface area contributed by atoms with Gasteiger partial charge in [-0.3, -0.25) is 0 Å². The Morgan fingerprint density at radius 3 is 1.55 bits per heavy atom. The second kappa shape index (κ2) is 9.60. The molecule has 0 radical (unpaired) electrons. The molecular formula is C13H18O7. The first-order valence-electron chi connectivity index (χ1n) is 5.84. The van der Waals surface area contributed by atoms with E-state index in [1.165, 1.54) is 26.0 Å². The van der Waals surface area contributed by atoms with E-state index in [9.17, 15) is 14.4 Å². The summed E-state index contributed by atoms with van der Waals surface area (Å²) in [7, 11) is 0. The minimum atomic E-state index is -1.17. The minimum Gasteiger partial charge on any atom is -0.459 e. The topological polar surface area (TPSA) is 88.1 Å². The Kier molecular flexibility index (Phi) is 8.49. The predicted molar refractivity (Wildman–Crippen MR) is 68.8 cm³/mol. The first kappa shape index (κ1) is 17.7. The summed E-state index contributed by atoms with van der Waals surface area (Å²) in [4.78, 5) is 33.9. The molecule has 0 aromatic heterocycles. The highest BCUT2D eigenvalue weighted by molar-refractivity contribution is 5.79. The van der Waals surface area contributed by atoms with E-state index in [1.54, 1.807) is 0 Å². The second-order valence-electron chi connectivity index (χ2n) is 3.61. The van der Waals surface area contributed by atoms with Gasteiger partial charge in [-0.05, 0) is 13.8 Å². The molecule has 7 nitrogen and oxygen atoms in total. The molecular weight excluding hydrogens is 268 g/mol. The van der Waals surface area contributed by atoms with Crippen molar-refractivity contribution >= 4 is 18.1 Å². The van der Waals surface area contributed by atoms with Crippen LogP contribution in [0.5, 0.6) is 0 Å². The van der Waals surface area contributed by atoms with Gasteiger partial charge in [-0.2, -0.15) is 0 Å². The molecule has 0 aromatic carbocycles. The van der Waals surface area contributed by atoms with E-state index in [-0.39, 0.29) is 13.2 Å². The van der Waals surface area contributed by atoms with Crippen molar-refractivity contribution in [2.24, 2.45) is 0 Å². The normalized spacial score (nSPS) is 12.5. The number of hydrogen-bond acceptors (Lipinski definition) is 7. The molecule has 7 heteroatoms. The molecule has 112 valence electrons. The zero-order chi connectivity index (χ0) is 15.5. The van der Waals surface area contributed by atoms with Crippen LogP contribution in [0.3, 0.4) is 0 Å². The Morgan fingerprint density at radius 2 is 1.25 bits per heavy atom. The van der Waals surface area contributed by atoms with Gasteiger partial charge in [-0.25, -0.2) is 14.4 Å². The van der Waals surface area contributed by atoms with Gasteiger partial charge in [0, 0.05) is 0 Å². The standard InChI is InChI=1S/C13H18O7/c1-5-7-17-11(14)9(3)19-13(16)20-10(4)12(15)18-8-6-2/h5-6,9-10H,1-2,7-8H2,3-4H3. The molecule has 0 aliphatic heterocycles. The Bertz CT molecular complexity index is 341. The number of esters is 2. The van der Waals surface area contributed by atoms with Crippen LogP contribution in [-0.2, 0) is 28.5 Å². The fourth-order valence-corrected chi connectivity index (χ4v) is 0.930. The molecule has 0 amide bonds. The third-order valence-corrected chi connectivity index (χ3v) is 1.90. The van der Waals surface area contributed by atoms with Gasteiger partial charge >= 0.3 is 18.1 Å². The summed E-state index contributed by atoms with van der Waals surface area (Å²) in [6, 6.07) is 0. The average Bonchev–Trinajstić information content (AvgIpc) is 2.41. The van der Waals surface area contributed by atoms with E-state index >= 15 is 0 Å². The lowest BCUT2D eigenvalue weighted by atomic mass is 10.4. The zero-order valence-corrected chi connectivity index (χ0v) is 11.5. The van der Waals surface area contributed by atoms with Crippen molar-refractivity contribution in [1.82, 2.24) is 0 Å². The fourth-order valence-electron chi connectivity index (χ4n) is 0.930. The third kappa shape index (κ3) is 7.20. The van der Waals surface area contributed by atoms with Crippen LogP contribution in [0.4, 0.5) is 4.79 Å². The molecule has 0 rings (SSSR count). The maximum Gasteiger partial charge on any atom is 0.509 e. The molecule has 0 fully saturated rings. The van der Waals surface area contributed by atoms with Crippen molar-refractivity contribution in [2.75, 3.05) is 13.2 Å². The summed E-state index contributed by atoms with van der Waals surface area (Å²) < 4.78 is 18.6. The van der Waals surface area contributed by atoms with Crippen LogP contribution in [0.2, 0.25) is 0 Å². The average molecular weight is 286 g/mol. The van der Waals surface area contributed by atoms with E-state index < -0.39 is 30.3 Å². The molecule has 0 aromatic rings. The lowest BCUT2D eigenvalue weighted by Gasteiger charge is -2.14. The molecule has 0 saturated carbocycles. The molecule has 0 spiro atoms. The Labute approximate surface area is 117 Å². The van der Waals surface area contributed by atoms with Crippen LogP contribution >= 0.6 is 0 Å². The SMILES string of the molecule is C=CCOC(=O)C(C)OC(=O)OC(C)C(=O)OCC=C. The van der Waals surface area contributed by atoms with Gasteiger partial charge in [-0.15, -0.1) is 0 Å². The van der Waals surface area contributed by atoms with Crippen LogP contribution in [0, 0.1) is 0 Å². The van der Waals surface area contributed by atoms with E-state index in [4.69, 9.17) is 0 Å². The molecule has 0 N–H and O–H groups in total. The highest BCUT2D eigenvalue weighted by atomic mass is 16.7. The number of rotatable bonds is 8. The first-order chi connectivity index (χ1) is 9.42. The van der Waals surface area contributed by atoms with Crippen LogP contribution in [-0.4, -0.2) is 43.5 Å². The third-order valence-electron chi connectivity index (χ3n) is 1.90. The van der Waals surface area contributed by atoms with Gasteiger partial charge in [0.05, 0.1) is 0 Å². The quantitative estimate of drug-likeness (QED) is 0.378. The summed E-state index contributed by atoms with van der Waals surface area (Å²) >= 11 is 0. The molecule has 0 heterocycles. The second-order valence-corrected chi connectivity index (χ2v) is 3.61. The zero-order valence-electron chi connectivity index (χ0n) is 11.5. The van der Waals surface area contributed by atoms with E-state index in [0.717, 1.165) is 0 Å². The summed E-state index contributed by atoms with van der Waals surface area (Å²) in [6.07, 6.45) is -0.727. The van der Waals surface area contributed by atoms with Crippen LogP contribution in [0.1, 0.15) is 13.8 Å². The van der Waals surface area contributed by atoms with Crippen molar-refractivity contribution in [3.05, 3.63) is 25.3 Å². The van der Waals surface area contributed by atoms with Gasteiger partial charge in [-0.1, -0.05) is 25.3 Å². The highest BCUT2D eigenvalue weighted by Gasteiger charge is 2.24. The molecule has 0 bridgehead atoms. The van der Waals surface area contributed by atoms with Crippen molar-refractivity contribution in [1.29, 1.82) is 0 Å². The highest BCUT2D eigenvalue weighted by Crippen LogP contribution is 2.02. The van der Waals surface area contributed by atoms with Gasteiger partial charge in [0.1, 0.15) is 13.2 Å².